The third-order valence-electron chi connectivity index (χ3n) is 2.56. The molecule has 1 fully saturated rings. The molecule has 2 heterocycles. The number of carbonyl (C=O) groups excluding carboxylic acids is 1. The molecule has 1 aliphatic heterocycles. The van der Waals surface area contributed by atoms with E-state index < -0.39 is 0 Å². The minimum atomic E-state index is 0.0200. The number of carbonyl (C=O) groups is 1. The molecule has 0 spiro atoms. The first-order chi connectivity index (χ1) is 7.68. The number of anilines is 1. The van der Waals surface area contributed by atoms with Crippen LogP contribution in [-0.2, 0) is 4.79 Å². The Labute approximate surface area is 98.8 Å². The van der Waals surface area contributed by atoms with Gasteiger partial charge in [0.1, 0.15) is 17.3 Å². The van der Waals surface area contributed by atoms with Gasteiger partial charge in [0.05, 0.1) is 6.54 Å². The lowest BCUT2D eigenvalue weighted by Gasteiger charge is -2.21. The molecule has 86 valence electrons. The summed E-state index contributed by atoms with van der Waals surface area (Å²) in [5, 5.41) is 3.26. The summed E-state index contributed by atoms with van der Waals surface area (Å²) in [6.45, 7) is 3.70. The van der Waals surface area contributed by atoms with Crippen molar-refractivity contribution in [2.45, 2.75) is 13.3 Å². The van der Waals surface area contributed by atoms with Gasteiger partial charge in [0.2, 0.25) is 5.91 Å². The van der Waals surface area contributed by atoms with Crippen LogP contribution in [0.4, 0.5) is 5.82 Å². The van der Waals surface area contributed by atoms with Crippen molar-refractivity contribution in [1.29, 1.82) is 0 Å². The van der Waals surface area contributed by atoms with E-state index in [1.54, 1.807) is 0 Å². The van der Waals surface area contributed by atoms with Gasteiger partial charge in [-0.05, 0) is 13.3 Å². The number of aromatic nitrogens is 2. The van der Waals surface area contributed by atoms with Crippen molar-refractivity contribution < 1.29 is 4.79 Å². The first kappa shape index (κ1) is 11.1. The van der Waals surface area contributed by atoms with Gasteiger partial charge in [-0.15, -0.1) is 0 Å². The monoisotopic (exact) mass is 240 g/mol. The summed E-state index contributed by atoms with van der Waals surface area (Å²) >= 11 is 5.93. The van der Waals surface area contributed by atoms with Gasteiger partial charge in [-0.2, -0.15) is 0 Å². The highest BCUT2D eigenvalue weighted by atomic mass is 35.5. The molecule has 0 aromatic carbocycles. The lowest BCUT2D eigenvalue weighted by Crippen LogP contribution is -2.34. The summed E-state index contributed by atoms with van der Waals surface area (Å²) in [5.41, 5.74) is 0.818. The minimum absolute atomic E-state index is 0.0200. The molecule has 1 aliphatic rings. The van der Waals surface area contributed by atoms with Gasteiger partial charge in [-0.3, -0.25) is 4.79 Å². The van der Waals surface area contributed by atoms with Crippen LogP contribution in [0.15, 0.2) is 6.33 Å². The molecule has 1 aromatic heterocycles. The van der Waals surface area contributed by atoms with Crippen molar-refractivity contribution in [3.8, 4) is 0 Å². The molecule has 1 saturated heterocycles. The average molecular weight is 241 g/mol. The highest BCUT2D eigenvalue weighted by molar-refractivity contribution is 6.30. The van der Waals surface area contributed by atoms with Gasteiger partial charge in [0.15, 0.2) is 0 Å². The molecule has 0 unspecified atom stereocenters. The molecule has 0 radical (unpaired) electrons. The molecule has 0 aliphatic carbocycles. The van der Waals surface area contributed by atoms with Gasteiger partial charge in [-0.25, -0.2) is 9.97 Å². The van der Waals surface area contributed by atoms with E-state index in [9.17, 15) is 4.79 Å². The molecule has 6 heteroatoms. The van der Waals surface area contributed by atoms with E-state index in [0.29, 0.717) is 18.2 Å². The van der Waals surface area contributed by atoms with Crippen molar-refractivity contribution in [1.82, 2.24) is 15.3 Å². The Morgan fingerprint density at radius 3 is 3.12 bits per heavy atom. The second-order valence-electron chi connectivity index (χ2n) is 3.74. The molecule has 0 atom stereocenters. The molecule has 16 heavy (non-hydrogen) atoms. The molecule has 2 rings (SSSR count). The summed E-state index contributed by atoms with van der Waals surface area (Å²) in [7, 11) is 0. The van der Waals surface area contributed by atoms with Gasteiger partial charge < -0.3 is 10.2 Å². The van der Waals surface area contributed by atoms with Crippen LogP contribution in [0.2, 0.25) is 5.15 Å². The summed E-state index contributed by atoms with van der Waals surface area (Å²) in [4.78, 5) is 21.5. The van der Waals surface area contributed by atoms with Crippen molar-refractivity contribution in [2.75, 3.05) is 24.5 Å². The predicted octanol–water partition coefficient (Wildman–Crippen LogP) is 0.765. The fraction of sp³-hybridized carbons (Fsp3) is 0.500. The maximum Gasteiger partial charge on any atom is 0.239 e. The second kappa shape index (κ2) is 4.65. The number of halogens is 1. The van der Waals surface area contributed by atoms with Gasteiger partial charge >= 0.3 is 0 Å². The zero-order valence-corrected chi connectivity index (χ0v) is 9.79. The first-order valence-corrected chi connectivity index (χ1v) is 5.55. The van der Waals surface area contributed by atoms with E-state index in [2.05, 4.69) is 15.3 Å². The van der Waals surface area contributed by atoms with Crippen LogP contribution < -0.4 is 10.2 Å². The Hall–Kier alpha value is -1.36. The van der Waals surface area contributed by atoms with E-state index in [-0.39, 0.29) is 5.91 Å². The van der Waals surface area contributed by atoms with Crippen LogP contribution in [0.3, 0.4) is 0 Å². The molecule has 1 amide bonds. The van der Waals surface area contributed by atoms with Gasteiger partial charge in [-0.1, -0.05) is 11.6 Å². The predicted molar refractivity (Wildman–Crippen MR) is 61.6 cm³/mol. The largest absolute Gasteiger partial charge is 0.354 e. The zero-order chi connectivity index (χ0) is 11.5. The van der Waals surface area contributed by atoms with Crippen molar-refractivity contribution in [2.24, 2.45) is 0 Å². The number of hydrogen-bond donors (Lipinski definition) is 1. The fourth-order valence-corrected chi connectivity index (χ4v) is 1.85. The quantitative estimate of drug-likeness (QED) is 0.737. The average Bonchev–Trinajstić information content (AvgIpc) is 2.47. The van der Waals surface area contributed by atoms with Crippen LogP contribution in [-0.4, -0.2) is 35.5 Å². The highest BCUT2D eigenvalue weighted by Crippen LogP contribution is 2.22. The molecular weight excluding hydrogens is 228 g/mol. The van der Waals surface area contributed by atoms with Gasteiger partial charge in [0.25, 0.3) is 0 Å². The number of nitrogens with zero attached hydrogens (tertiary/aromatic N) is 3. The molecule has 1 aromatic rings. The van der Waals surface area contributed by atoms with Crippen molar-refractivity contribution in [3.63, 3.8) is 0 Å². The van der Waals surface area contributed by atoms with E-state index >= 15 is 0 Å². The standard InChI is InChI=1S/C10H13ClN4O/c1-7-9(11)13-6-14-10(7)15-4-2-3-12-8(16)5-15/h6H,2-5H2,1H3,(H,12,16). The lowest BCUT2D eigenvalue weighted by molar-refractivity contribution is -0.119. The lowest BCUT2D eigenvalue weighted by atomic mass is 10.3. The number of nitrogens with one attached hydrogen (secondary N) is 1. The summed E-state index contributed by atoms with van der Waals surface area (Å²) in [5.74, 6) is 0.767. The van der Waals surface area contributed by atoms with Crippen LogP contribution in [0, 0.1) is 6.92 Å². The summed E-state index contributed by atoms with van der Waals surface area (Å²) in [6.07, 6.45) is 2.33. The SMILES string of the molecule is Cc1c(Cl)ncnc1N1CCCNC(=O)C1. The third kappa shape index (κ3) is 2.24. The van der Waals surface area contributed by atoms with Gasteiger partial charge in [0, 0.05) is 18.7 Å². The number of rotatable bonds is 1. The fourth-order valence-electron chi connectivity index (χ4n) is 1.73. The van der Waals surface area contributed by atoms with Crippen LogP contribution in [0.1, 0.15) is 12.0 Å². The normalized spacial score (nSPS) is 16.9. The molecular formula is C10H13ClN4O. The maximum atomic E-state index is 11.4. The summed E-state index contributed by atoms with van der Waals surface area (Å²) < 4.78 is 0. The van der Waals surface area contributed by atoms with Crippen LogP contribution in [0.25, 0.3) is 0 Å². The molecule has 0 saturated carbocycles. The van der Waals surface area contributed by atoms with Crippen LogP contribution in [0.5, 0.6) is 0 Å². The Bertz CT molecular complexity index is 410. The molecule has 1 N–H and O–H groups in total. The maximum absolute atomic E-state index is 11.4. The van der Waals surface area contributed by atoms with Crippen molar-refractivity contribution in [3.05, 3.63) is 17.0 Å². The molecule has 5 nitrogen and oxygen atoms in total. The highest BCUT2D eigenvalue weighted by Gasteiger charge is 2.18. The van der Waals surface area contributed by atoms with E-state index in [0.717, 1.165) is 24.3 Å². The third-order valence-corrected chi connectivity index (χ3v) is 2.94. The first-order valence-electron chi connectivity index (χ1n) is 5.17. The topological polar surface area (TPSA) is 58.1 Å². The Balaban J connectivity index is 2.28. The molecule has 0 bridgehead atoms. The Morgan fingerprint density at radius 2 is 2.31 bits per heavy atom. The smallest absolute Gasteiger partial charge is 0.239 e. The minimum Gasteiger partial charge on any atom is -0.354 e. The number of hydrogen-bond acceptors (Lipinski definition) is 4. The second-order valence-corrected chi connectivity index (χ2v) is 4.10. The summed E-state index contributed by atoms with van der Waals surface area (Å²) in [6, 6.07) is 0. The van der Waals surface area contributed by atoms with E-state index in [4.69, 9.17) is 11.6 Å². The van der Waals surface area contributed by atoms with Crippen molar-refractivity contribution >= 4 is 23.3 Å². The Morgan fingerprint density at radius 1 is 1.50 bits per heavy atom. The van der Waals surface area contributed by atoms with Crippen LogP contribution >= 0.6 is 11.6 Å². The zero-order valence-electron chi connectivity index (χ0n) is 9.03. The van der Waals surface area contributed by atoms with E-state index in [1.807, 2.05) is 11.8 Å². The Kier molecular flexibility index (Phi) is 3.24. The number of amides is 1. The van der Waals surface area contributed by atoms with E-state index in [1.165, 1.54) is 6.33 Å².